The lowest BCUT2D eigenvalue weighted by Crippen LogP contribution is -2.14. The summed E-state index contributed by atoms with van der Waals surface area (Å²) in [5, 5.41) is 2.96. The highest BCUT2D eigenvalue weighted by Gasteiger charge is 2.09. The van der Waals surface area contributed by atoms with E-state index >= 15 is 0 Å². The highest BCUT2D eigenvalue weighted by Crippen LogP contribution is 2.20. The molecule has 0 saturated carbocycles. The first kappa shape index (κ1) is 17.7. The molecule has 2 aromatic carbocycles. The number of carbonyl (C=O) groups is 1. The van der Waals surface area contributed by atoms with Gasteiger partial charge in [0.15, 0.2) is 0 Å². The van der Waals surface area contributed by atoms with E-state index in [1.807, 2.05) is 80.5 Å². The molecule has 26 heavy (non-hydrogen) atoms. The molecule has 0 atom stereocenters. The Morgan fingerprint density at radius 1 is 0.962 bits per heavy atom. The third kappa shape index (κ3) is 4.28. The third-order valence-corrected chi connectivity index (χ3v) is 4.31. The van der Waals surface area contributed by atoms with E-state index in [0.29, 0.717) is 5.56 Å². The van der Waals surface area contributed by atoms with E-state index in [1.165, 1.54) is 11.1 Å². The second kappa shape index (κ2) is 7.83. The van der Waals surface area contributed by atoms with Crippen molar-refractivity contribution in [3.8, 4) is 0 Å². The fourth-order valence-electron chi connectivity index (χ4n) is 2.94. The summed E-state index contributed by atoms with van der Waals surface area (Å²) < 4.78 is 0. The molecule has 3 aromatic rings. The van der Waals surface area contributed by atoms with Crippen LogP contribution >= 0.6 is 0 Å². The van der Waals surface area contributed by atoms with E-state index in [0.717, 1.165) is 23.4 Å². The standard InChI is InChI=1S/C22H23N3O/c1-16-14-19(6-9-21(16)25(2)3)22(26)24-20-7-4-17(5-8-20)15-18-10-12-23-13-11-18/h4-14H,15H2,1-3H3,(H,24,26). The first-order valence-electron chi connectivity index (χ1n) is 8.60. The Hall–Kier alpha value is -3.14. The molecule has 0 aliphatic heterocycles. The van der Waals surface area contributed by atoms with Crippen molar-refractivity contribution in [3.05, 3.63) is 89.2 Å². The Bertz CT molecular complexity index is 887. The number of anilines is 2. The number of nitrogens with one attached hydrogen (secondary N) is 1. The highest BCUT2D eigenvalue weighted by molar-refractivity contribution is 6.04. The van der Waals surface area contributed by atoms with Crippen molar-refractivity contribution < 1.29 is 4.79 Å². The summed E-state index contributed by atoms with van der Waals surface area (Å²) in [4.78, 5) is 18.6. The Morgan fingerprint density at radius 2 is 1.62 bits per heavy atom. The summed E-state index contributed by atoms with van der Waals surface area (Å²) in [6, 6.07) is 17.7. The van der Waals surface area contributed by atoms with Crippen LogP contribution in [0, 0.1) is 6.92 Å². The molecule has 0 spiro atoms. The number of amides is 1. The molecular weight excluding hydrogens is 322 g/mol. The Labute approximate surface area is 154 Å². The van der Waals surface area contributed by atoms with Crippen molar-refractivity contribution in [1.29, 1.82) is 0 Å². The topological polar surface area (TPSA) is 45.2 Å². The smallest absolute Gasteiger partial charge is 0.255 e. The van der Waals surface area contributed by atoms with Gasteiger partial charge in [0.05, 0.1) is 0 Å². The molecule has 0 aliphatic carbocycles. The average Bonchev–Trinajstić information content (AvgIpc) is 2.64. The van der Waals surface area contributed by atoms with Crippen molar-refractivity contribution in [2.75, 3.05) is 24.3 Å². The fraction of sp³-hybridized carbons (Fsp3) is 0.182. The van der Waals surface area contributed by atoms with Gasteiger partial charge in [0.2, 0.25) is 0 Å². The molecular formula is C22H23N3O. The zero-order chi connectivity index (χ0) is 18.5. The van der Waals surface area contributed by atoms with Crippen LogP contribution in [0.2, 0.25) is 0 Å². The zero-order valence-corrected chi connectivity index (χ0v) is 15.4. The fourth-order valence-corrected chi connectivity index (χ4v) is 2.94. The molecule has 3 rings (SSSR count). The molecule has 1 N–H and O–H groups in total. The lowest BCUT2D eigenvalue weighted by Gasteiger charge is -2.16. The summed E-state index contributed by atoms with van der Waals surface area (Å²) in [6.45, 7) is 2.01. The number of aromatic nitrogens is 1. The van der Waals surface area contributed by atoms with Gasteiger partial charge in [0, 0.05) is 43.4 Å². The Balaban J connectivity index is 1.67. The number of carbonyl (C=O) groups excluding carboxylic acids is 1. The summed E-state index contributed by atoms with van der Waals surface area (Å²) >= 11 is 0. The van der Waals surface area contributed by atoms with E-state index < -0.39 is 0 Å². The van der Waals surface area contributed by atoms with Gasteiger partial charge in [0.25, 0.3) is 5.91 Å². The molecule has 1 amide bonds. The lowest BCUT2D eigenvalue weighted by atomic mass is 10.1. The third-order valence-electron chi connectivity index (χ3n) is 4.31. The van der Waals surface area contributed by atoms with Gasteiger partial charge in [-0.3, -0.25) is 9.78 Å². The van der Waals surface area contributed by atoms with Gasteiger partial charge in [-0.05, 0) is 72.5 Å². The predicted octanol–water partition coefficient (Wildman–Crippen LogP) is 4.30. The van der Waals surface area contributed by atoms with Gasteiger partial charge >= 0.3 is 0 Å². The van der Waals surface area contributed by atoms with Crippen LogP contribution in [0.1, 0.15) is 27.0 Å². The number of hydrogen-bond donors (Lipinski definition) is 1. The lowest BCUT2D eigenvalue weighted by molar-refractivity contribution is 0.102. The van der Waals surface area contributed by atoms with Crippen LogP contribution in [0.5, 0.6) is 0 Å². The number of hydrogen-bond acceptors (Lipinski definition) is 3. The largest absolute Gasteiger partial charge is 0.377 e. The van der Waals surface area contributed by atoms with E-state index in [1.54, 1.807) is 12.4 Å². The highest BCUT2D eigenvalue weighted by atomic mass is 16.1. The molecule has 0 fully saturated rings. The minimum absolute atomic E-state index is 0.0970. The van der Waals surface area contributed by atoms with Gasteiger partial charge in [-0.2, -0.15) is 0 Å². The maximum Gasteiger partial charge on any atom is 0.255 e. The van der Waals surface area contributed by atoms with E-state index in [-0.39, 0.29) is 5.91 Å². The SMILES string of the molecule is Cc1cc(C(=O)Nc2ccc(Cc3ccncc3)cc2)ccc1N(C)C. The average molecular weight is 345 g/mol. The summed E-state index contributed by atoms with van der Waals surface area (Å²) in [7, 11) is 3.99. The van der Waals surface area contributed by atoms with Crippen LogP contribution in [-0.4, -0.2) is 25.0 Å². The molecule has 4 heteroatoms. The van der Waals surface area contributed by atoms with Crippen molar-refractivity contribution >= 4 is 17.3 Å². The number of rotatable bonds is 5. The van der Waals surface area contributed by atoms with Crippen molar-refractivity contribution in [3.63, 3.8) is 0 Å². The summed E-state index contributed by atoms with van der Waals surface area (Å²) in [6.07, 6.45) is 4.45. The van der Waals surface area contributed by atoms with Crippen molar-refractivity contribution in [2.45, 2.75) is 13.3 Å². The summed E-state index contributed by atoms with van der Waals surface area (Å²) in [5.41, 5.74) is 6.06. The second-order valence-electron chi connectivity index (χ2n) is 6.58. The summed E-state index contributed by atoms with van der Waals surface area (Å²) in [5.74, 6) is -0.0970. The van der Waals surface area contributed by atoms with Gasteiger partial charge in [0.1, 0.15) is 0 Å². The van der Waals surface area contributed by atoms with Gasteiger partial charge < -0.3 is 10.2 Å². The van der Waals surface area contributed by atoms with Crippen LogP contribution < -0.4 is 10.2 Å². The predicted molar refractivity (Wildman–Crippen MR) is 107 cm³/mol. The van der Waals surface area contributed by atoms with E-state index in [2.05, 4.69) is 10.3 Å². The quantitative estimate of drug-likeness (QED) is 0.750. The molecule has 0 unspecified atom stereocenters. The van der Waals surface area contributed by atoms with Crippen LogP contribution in [0.25, 0.3) is 0 Å². The van der Waals surface area contributed by atoms with Crippen LogP contribution in [0.3, 0.4) is 0 Å². The molecule has 4 nitrogen and oxygen atoms in total. The van der Waals surface area contributed by atoms with E-state index in [4.69, 9.17) is 0 Å². The van der Waals surface area contributed by atoms with Crippen molar-refractivity contribution in [1.82, 2.24) is 4.98 Å². The monoisotopic (exact) mass is 345 g/mol. The number of pyridine rings is 1. The molecule has 0 saturated heterocycles. The number of nitrogens with zero attached hydrogens (tertiary/aromatic N) is 2. The van der Waals surface area contributed by atoms with Gasteiger partial charge in [-0.25, -0.2) is 0 Å². The van der Waals surface area contributed by atoms with Crippen LogP contribution in [0.4, 0.5) is 11.4 Å². The maximum absolute atomic E-state index is 12.5. The number of aryl methyl sites for hydroxylation is 1. The maximum atomic E-state index is 12.5. The number of benzene rings is 2. The normalized spacial score (nSPS) is 10.4. The second-order valence-corrected chi connectivity index (χ2v) is 6.58. The van der Waals surface area contributed by atoms with Crippen molar-refractivity contribution in [2.24, 2.45) is 0 Å². The first-order chi connectivity index (χ1) is 12.5. The zero-order valence-electron chi connectivity index (χ0n) is 15.4. The van der Waals surface area contributed by atoms with Crippen LogP contribution in [-0.2, 0) is 6.42 Å². The molecule has 0 aliphatic rings. The Morgan fingerprint density at radius 3 is 2.23 bits per heavy atom. The van der Waals surface area contributed by atoms with E-state index in [9.17, 15) is 4.79 Å². The minimum Gasteiger partial charge on any atom is -0.377 e. The van der Waals surface area contributed by atoms with Gasteiger partial charge in [-0.1, -0.05) is 12.1 Å². The van der Waals surface area contributed by atoms with Gasteiger partial charge in [-0.15, -0.1) is 0 Å². The molecule has 132 valence electrons. The Kier molecular flexibility index (Phi) is 5.32. The molecule has 1 aromatic heterocycles. The molecule has 1 heterocycles. The molecule has 0 bridgehead atoms. The van der Waals surface area contributed by atoms with Crippen LogP contribution in [0.15, 0.2) is 67.0 Å². The minimum atomic E-state index is -0.0970. The first-order valence-corrected chi connectivity index (χ1v) is 8.60. The molecule has 0 radical (unpaired) electrons.